The van der Waals surface area contributed by atoms with Gasteiger partial charge in [0, 0.05) is 20.0 Å². The van der Waals surface area contributed by atoms with E-state index in [-0.39, 0.29) is 30.8 Å². The van der Waals surface area contributed by atoms with Gasteiger partial charge in [-0.1, -0.05) is 54.6 Å². The highest BCUT2D eigenvalue weighted by Gasteiger charge is 2.30. The van der Waals surface area contributed by atoms with Gasteiger partial charge in [-0.25, -0.2) is 4.39 Å². The standard InChI is InChI=1S/C27H29FN2O3/c1-19-8-7-11-25(20(19)2)33-18-26(31)30(17-22-12-14-23(28)15-13-22)24(27(32)29-3)16-21-9-5-4-6-10-21/h4-15,24H,16-18H2,1-3H3,(H,29,32)/t24-/m1/s1. The van der Waals surface area contributed by atoms with E-state index in [1.54, 1.807) is 19.2 Å². The van der Waals surface area contributed by atoms with Crippen LogP contribution in [0.15, 0.2) is 72.8 Å². The lowest BCUT2D eigenvalue weighted by atomic mass is 10.0. The van der Waals surface area contributed by atoms with E-state index in [1.807, 2.05) is 62.4 Å². The molecule has 0 saturated carbocycles. The van der Waals surface area contributed by atoms with Gasteiger partial charge in [-0.2, -0.15) is 0 Å². The van der Waals surface area contributed by atoms with Crippen LogP contribution in [0.3, 0.4) is 0 Å². The molecule has 0 spiro atoms. The Kier molecular flexibility index (Phi) is 8.19. The minimum absolute atomic E-state index is 0.153. The summed E-state index contributed by atoms with van der Waals surface area (Å²) >= 11 is 0. The molecule has 1 atom stereocenters. The maximum Gasteiger partial charge on any atom is 0.261 e. The molecule has 0 fully saturated rings. The van der Waals surface area contributed by atoms with Crippen LogP contribution in [0.2, 0.25) is 0 Å². The van der Waals surface area contributed by atoms with E-state index in [1.165, 1.54) is 17.0 Å². The van der Waals surface area contributed by atoms with Crippen LogP contribution in [0.1, 0.15) is 22.3 Å². The van der Waals surface area contributed by atoms with Gasteiger partial charge in [-0.15, -0.1) is 0 Å². The summed E-state index contributed by atoms with van der Waals surface area (Å²) in [5, 5.41) is 2.67. The maximum atomic E-state index is 13.4. The molecule has 0 aliphatic rings. The second-order valence-electron chi connectivity index (χ2n) is 7.95. The molecule has 3 rings (SSSR count). The number of benzene rings is 3. The highest BCUT2D eigenvalue weighted by molar-refractivity contribution is 5.88. The summed E-state index contributed by atoms with van der Waals surface area (Å²) in [5.41, 5.74) is 3.68. The van der Waals surface area contributed by atoms with Crippen LogP contribution < -0.4 is 10.1 Å². The molecule has 172 valence electrons. The Labute approximate surface area is 194 Å². The summed E-state index contributed by atoms with van der Waals surface area (Å²) in [6.45, 7) is 3.86. The van der Waals surface area contributed by atoms with Gasteiger partial charge >= 0.3 is 0 Å². The highest BCUT2D eigenvalue weighted by Crippen LogP contribution is 2.21. The Morgan fingerprint density at radius 3 is 2.30 bits per heavy atom. The molecule has 0 saturated heterocycles. The second-order valence-corrected chi connectivity index (χ2v) is 7.95. The van der Waals surface area contributed by atoms with Gasteiger partial charge in [0.25, 0.3) is 5.91 Å². The van der Waals surface area contributed by atoms with Crippen LogP contribution in [0.4, 0.5) is 4.39 Å². The molecule has 0 aliphatic heterocycles. The number of hydrogen-bond acceptors (Lipinski definition) is 3. The zero-order valence-electron chi connectivity index (χ0n) is 19.2. The molecule has 0 unspecified atom stereocenters. The molecule has 0 aromatic heterocycles. The molecule has 5 nitrogen and oxygen atoms in total. The lowest BCUT2D eigenvalue weighted by Gasteiger charge is -2.31. The first kappa shape index (κ1) is 24.0. The van der Waals surface area contributed by atoms with Gasteiger partial charge in [0.2, 0.25) is 5.91 Å². The first-order valence-corrected chi connectivity index (χ1v) is 10.9. The fourth-order valence-corrected chi connectivity index (χ4v) is 3.61. The SMILES string of the molecule is CNC(=O)[C@@H](Cc1ccccc1)N(Cc1ccc(F)cc1)C(=O)COc1cccc(C)c1C. The summed E-state index contributed by atoms with van der Waals surface area (Å²) in [4.78, 5) is 27.8. The van der Waals surface area contributed by atoms with Crippen molar-refractivity contribution in [1.82, 2.24) is 10.2 Å². The van der Waals surface area contributed by atoms with Crippen molar-refractivity contribution in [3.8, 4) is 5.75 Å². The molecular formula is C27H29FN2O3. The number of nitrogens with one attached hydrogen (secondary N) is 1. The topological polar surface area (TPSA) is 58.6 Å². The van der Waals surface area contributed by atoms with Crippen molar-refractivity contribution in [3.05, 3.63) is 101 Å². The summed E-state index contributed by atoms with van der Waals surface area (Å²) in [6.07, 6.45) is 0.344. The number of carbonyl (C=O) groups excluding carboxylic acids is 2. The van der Waals surface area contributed by atoms with Gasteiger partial charge in [0.05, 0.1) is 0 Å². The third kappa shape index (κ3) is 6.42. The van der Waals surface area contributed by atoms with E-state index >= 15 is 0 Å². The third-order valence-corrected chi connectivity index (χ3v) is 5.69. The van der Waals surface area contributed by atoms with Crippen molar-refractivity contribution < 1.29 is 18.7 Å². The van der Waals surface area contributed by atoms with Crippen molar-refractivity contribution in [2.24, 2.45) is 0 Å². The number of ether oxygens (including phenoxy) is 1. The fraction of sp³-hybridized carbons (Fsp3) is 0.259. The van der Waals surface area contributed by atoms with Crippen molar-refractivity contribution in [2.45, 2.75) is 32.9 Å². The number of rotatable bonds is 9. The molecule has 1 N–H and O–H groups in total. The van der Waals surface area contributed by atoms with E-state index < -0.39 is 6.04 Å². The monoisotopic (exact) mass is 448 g/mol. The van der Waals surface area contributed by atoms with Crippen LogP contribution in [0, 0.1) is 19.7 Å². The molecule has 2 amide bonds. The van der Waals surface area contributed by atoms with Crippen LogP contribution >= 0.6 is 0 Å². The molecule has 3 aromatic carbocycles. The largest absolute Gasteiger partial charge is 0.483 e. The van der Waals surface area contributed by atoms with Crippen LogP contribution in [-0.4, -0.2) is 36.4 Å². The second kappa shape index (κ2) is 11.3. The summed E-state index contributed by atoms with van der Waals surface area (Å²) < 4.78 is 19.3. The van der Waals surface area contributed by atoms with Crippen molar-refractivity contribution >= 4 is 11.8 Å². The third-order valence-electron chi connectivity index (χ3n) is 5.69. The zero-order valence-corrected chi connectivity index (χ0v) is 19.2. The van der Waals surface area contributed by atoms with Gasteiger partial charge in [-0.3, -0.25) is 9.59 Å². The molecule has 0 heterocycles. The molecule has 0 aliphatic carbocycles. The number of amides is 2. The summed E-state index contributed by atoms with van der Waals surface area (Å²) in [5.74, 6) is -0.336. The van der Waals surface area contributed by atoms with Crippen molar-refractivity contribution in [1.29, 1.82) is 0 Å². The van der Waals surface area contributed by atoms with Gasteiger partial charge < -0.3 is 15.0 Å². The molecular weight excluding hydrogens is 419 g/mol. The fourth-order valence-electron chi connectivity index (χ4n) is 3.61. The molecule has 0 radical (unpaired) electrons. The number of halogens is 1. The van der Waals surface area contributed by atoms with E-state index in [4.69, 9.17) is 4.74 Å². The van der Waals surface area contributed by atoms with Crippen molar-refractivity contribution in [2.75, 3.05) is 13.7 Å². The molecule has 33 heavy (non-hydrogen) atoms. The van der Waals surface area contributed by atoms with E-state index in [9.17, 15) is 14.0 Å². The Morgan fingerprint density at radius 1 is 0.939 bits per heavy atom. The van der Waals surface area contributed by atoms with E-state index in [2.05, 4.69) is 5.32 Å². The molecule has 6 heteroatoms. The zero-order chi connectivity index (χ0) is 23.8. The number of aryl methyl sites for hydroxylation is 1. The Bertz CT molecular complexity index is 1080. The average Bonchev–Trinajstić information content (AvgIpc) is 2.83. The number of carbonyl (C=O) groups is 2. The van der Waals surface area contributed by atoms with Gasteiger partial charge in [0.15, 0.2) is 6.61 Å². The van der Waals surface area contributed by atoms with Gasteiger partial charge in [-0.05, 0) is 54.3 Å². The highest BCUT2D eigenvalue weighted by atomic mass is 19.1. The normalized spacial score (nSPS) is 11.5. The first-order valence-electron chi connectivity index (χ1n) is 10.9. The van der Waals surface area contributed by atoms with Gasteiger partial charge in [0.1, 0.15) is 17.6 Å². The molecule has 3 aromatic rings. The van der Waals surface area contributed by atoms with Crippen LogP contribution in [0.25, 0.3) is 0 Å². The Morgan fingerprint density at radius 2 is 1.64 bits per heavy atom. The average molecular weight is 449 g/mol. The van der Waals surface area contributed by atoms with Crippen molar-refractivity contribution in [3.63, 3.8) is 0 Å². The number of hydrogen-bond donors (Lipinski definition) is 1. The number of nitrogens with zero attached hydrogens (tertiary/aromatic N) is 1. The smallest absolute Gasteiger partial charge is 0.261 e. The first-order chi connectivity index (χ1) is 15.9. The summed E-state index contributed by atoms with van der Waals surface area (Å²) in [6, 6.07) is 20.4. The quantitative estimate of drug-likeness (QED) is 0.534. The maximum absolute atomic E-state index is 13.4. The lowest BCUT2D eigenvalue weighted by molar-refractivity contribution is -0.142. The van der Waals surface area contributed by atoms with E-state index in [0.29, 0.717) is 12.2 Å². The Balaban J connectivity index is 1.88. The minimum atomic E-state index is -0.753. The predicted octanol–water partition coefficient (Wildman–Crippen LogP) is 4.21. The summed E-state index contributed by atoms with van der Waals surface area (Å²) in [7, 11) is 1.55. The lowest BCUT2D eigenvalue weighted by Crippen LogP contribution is -2.51. The van der Waals surface area contributed by atoms with Crippen LogP contribution in [0.5, 0.6) is 5.75 Å². The predicted molar refractivity (Wildman–Crippen MR) is 126 cm³/mol. The van der Waals surface area contributed by atoms with E-state index in [0.717, 1.165) is 22.3 Å². The molecule has 0 bridgehead atoms. The minimum Gasteiger partial charge on any atom is -0.483 e. The Hall–Kier alpha value is -3.67. The number of likely N-dealkylation sites (N-methyl/N-ethyl adjacent to an activating group) is 1. The van der Waals surface area contributed by atoms with Crippen LogP contribution in [-0.2, 0) is 22.6 Å².